The van der Waals surface area contributed by atoms with Crippen molar-refractivity contribution in [3.05, 3.63) is 65.4 Å². The van der Waals surface area contributed by atoms with Gasteiger partial charge in [0, 0.05) is 17.1 Å². The highest BCUT2D eigenvalue weighted by Crippen LogP contribution is 2.26. The molecule has 0 saturated heterocycles. The van der Waals surface area contributed by atoms with E-state index in [-0.39, 0.29) is 16.9 Å². The highest BCUT2D eigenvalue weighted by molar-refractivity contribution is 6.04. The van der Waals surface area contributed by atoms with E-state index in [1.165, 1.54) is 42.1 Å². The number of halogens is 2. The zero-order chi connectivity index (χ0) is 16.6. The minimum absolute atomic E-state index is 0.0102. The van der Waals surface area contributed by atoms with Crippen LogP contribution >= 0.6 is 0 Å². The van der Waals surface area contributed by atoms with Crippen molar-refractivity contribution in [2.45, 2.75) is 6.61 Å². The summed E-state index contributed by atoms with van der Waals surface area (Å²) in [4.78, 5) is 12.7. The van der Waals surface area contributed by atoms with E-state index in [2.05, 4.69) is 0 Å². The number of benzene rings is 2. The molecule has 6 heteroatoms. The first-order valence-electron chi connectivity index (χ1n) is 6.84. The van der Waals surface area contributed by atoms with Gasteiger partial charge in [0.05, 0.1) is 24.8 Å². The van der Waals surface area contributed by atoms with Crippen LogP contribution in [-0.2, 0) is 6.61 Å². The normalized spacial score (nSPS) is 11.0. The quantitative estimate of drug-likeness (QED) is 0.807. The van der Waals surface area contributed by atoms with Gasteiger partial charge in [0.25, 0.3) is 5.91 Å². The van der Waals surface area contributed by atoms with E-state index < -0.39 is 24.1 Å². The first-order valence-corrected chi connectivity index (χ1v) is 6.84. The fraction of sp³-hybridized carbons (Fsp3) is 0.118. The number of aliphatic hydroxyl groups excluding tert-OH is 1. The van der Waals surface area contributed by atoms with Crippen LogP contribution in [0.3, 0.4) is 0 Å². The van der Waals surface area contributed by atoms with E-state index >= 15 is 0 Å². The minimum Gasteiger partial charge on any atom is -0.496 e. The first-order chi connectivity index (χ1) is 11.1. The SMILES string of the molecule is COc1cc(CO)c(F)cc1C(=O)n1ccc2c(F)cccc21. The zero-order valence-corrected chi connectivity index (χ0v) is 12.2. The summed E-state index contributed by atoms with van der Waals surface area (Å²) in [6.45, 7) is -0.506. The molecule has 0 amide bonds. The highest BCUT2D eigenvalue weighted by Gasteiger charge is 2.19. The molecule has 0 atom stereocenters. The Morgan fingerprint density at radius 2 is 2.00 bits per heavy atom. The predicted molar refractivity (Wildman–Crippen MR) is 80.5 cm³/mol. The second kappa shape index (κ2) is 5.81. The molecule has 0 fully saturated rings. The number of ether oxygens (including phenoxy) is 1. The summed E-state index contributed by atoms with van der Waals surface area (Å²) in [6.07, 6.45) is 1.42. The summed E-state index contributed by atoms with van der Waals surface area (Å²) in [7, 11) is 1.35. The molecule has 0 aliphatic rings. The fourth-order valence-corrected chi connectivity index (χ4v) is 2.49. The third-order valence-corrected chi connectivity index (χ3v) is 3.67. The lowest BCUT2D eigenvalue weighted by Crippen LogP contribution is -2.13. The van der Waals surface area contributed by atoms with Crippen LogP contribution in [0.5, 0.6) is 5.75 Å². The number of nitrogens with zero attached hydrogens (tertiary/aromatic N) is 1. The van der Waals surface area contributed by atoms with Crippen molar-refractivity contribution in [2.24, 2.45) is 0 Å². The Hall–Kier alpha value is -2.73. The van der Waals surface area contributed by atoms with Gasteiger partial charge in [0.1, 0.15) is 17.4 Å². The van der Waals surface area contributed by atoms with Gasteiger partial charge in [-0.3, -0.25) is 9.36 Å². The lowest BCUT2D eigenvalue weighted by Gasteiger charge is -2.11. The fourth-order valence-electron chi connectivity index (χ4n) is 2.49. The Balaban J connectivity index is 2.16. The maximum absolute atomic E-state index is 13.9. The van der Waals surface area contributed by atoms with E-state index in [1.807, 2.05) is 0 Å². The molecule has 2 aromatic carbocycles. The van der Waals surface area contributed by atoms with Gasteiger partial charge >= 0.3 is 0 Å². The predicted octanol–water partition coefficient (Wildman–Crippen LogP) is 3.11. The number of fused-ring (bicyclic) bond motifs is 1. The van der Waals surface area contributed by atoms with E-state index in [0.29, 0.717) is 10.9 Å². The van der Waals surface area contributed by atoms with Crippen molar-refractivity contribution < 1.29 is 23.4 Å². The summed E-state index contributed by atoms with van der Waals surface area (Å²) in [5.41, 5.74) is 0.398. The largest absolute Gasteiger partial charge is 0.496 e. The monoisotopic (exact) mass is 317 g/mol. The average Bonchev–Trinajstić information content (AvgIpc) is 2.99. The Labute approximate surface area is 130 Å². The van der Waals surface area contributed by atoms with E-state index in [9.17, 15) is 13.6 Å². The van der Waals surface area contributed by atoms with Crippen LogP contribution in [0.1, 0.15) is 15.9 Å². The van der Waals surface area contributed by atoms with Gasteiger partial charge in [0.15, 0.2) is 0 Å². The maximum Gasteiger partial charge on any atom is 0.266 e. The third kappa shape index (κ3) is 2.47. The zero-order valence-electron chi connectivity index (χ0n) is 12.2. The highest BCUT2D eigenvalue weighted by atomic mass is 19.1. The Morgan fingerprint density at radius 1 is 1.22 bits per heavy atom. The van der Waals surface area contributed by atoms with Crippen molar-refractivity contribution >= 4 is 16.8 Å². The number of rotatable bonds is 3. The molecule has 0 unspecified atom stereocenters. The molecule has 1 heterocycles. The van der Waals surface area contributed by atoms with Crippen molar-refractivity contribution in [1.82, 2.24) is 4.57 Å². The first kappa shape index (κ1) is 15.2. The summed E-state index contributed by atoms with van der Waals surface area (Å²) in [6, 6.07) is 8.16. The second-order valence-corrected chi connectivity index (χ2v) is 4.97. The summed E-state index contributed by atoms with van der Waals surface area (Å²) < 4.78 is 34.0. The van der Waals surface area contributed by atoms with Gasteiger partial charge in [-0.05, 0) is 30.3 Å². The standard InChI is InChI=1S/C17H13F2NO3/c1-23-16-7-10(9-21)14(19)8-12(16)17(22)20-6-5-11-13(18)3-2-4-15(11)20/h2-8,21H,9H2,1H3. The number of carbonyl (C=O) groups excluding carboxylic acids is 1. The Kier molecular flexibility index (Phi) is 3.83. The van der Waals surface area contributed by atoms with Crippen molar-refractivity contribution in [1.29, 1.82) is 0 Å². The number of hydrogen-bond acceptors (Lipinski definition) is 3. The molecule has 23 heavy (non-hydrogen) atoms. The van der Waals surface area contributed by atoms with Crippen LogP contribution in [0.25, 0.3) is 10.9 Å². The molecular weight excluding hydrogens is 304 g/mol. The van der Waals surface area contributed by atoms with Crippen LogP contribution in [0.4, 0.5) is 8.78 Å². The molecule has 0 aliphatic carbocycles. The van der Waals surface area contributed by atoms with Crippen molar-refractivity contribution in [3.8, 4) is 5.75 Å². The molecule has 0 saturated carbocycles. The number of methoxy groups -OCH3 is 1. The molecule has 0 aliphatic heterocycles. The van der Waals surface area contributed by atoms with E-state index in [4.69, 9.17) is 9.84 Å². The third-order valence-electron chi connectivity index (χ3n) is 3.67. The van der Waals surface area contributed by atoms with Gasteiger partial charge in [-0.1, -0.05) is 6.07 Å². The molecule has 3 rings (SSSR count). The summed E-state index contributed by atoms with van der Waals surface area (Å²) in [5, 5.41) is 9.39. The molecule has 1 N–H and O–H groups in total. The molecule has 1 aromatic heterocycles. The lowest BCUT2D eigenvalue weighted by molar-refractivity contribution is 0.0961. The van der Waals surface area contributed by atoms with Gasteiger partial charge in [-0.2, -0.15) is 0 Å². The Bertz CT molecular complexity index is 902. The number of hydrogen-bond donors (Lipinski definition) is 1. The van der Waals surface area contributed by atoms with Crippen LogP contribution in [0.2, 0.25) is 0 Å². The van der Waals surface area contributed by atoms with Gasteiger partial charge in [-0.25, -0.2) is 8.78 Å². The average molecular weight is 317 g/mol. The smallest absolute Gasteiger partial charge is 0.266 e. The molecule has 0 bridgehead atoms. The molecule has 4 nitrogen and oxygen atoms in total. The molecule has 3 aromatic rings. The summed E-state index contributed by atoms with van der Waals surface area (Å²) in [5.74, 6) is -1.56. The van der Waals surface area contributed by atoms with Gasteiger partial charge in [0.2, 0.25) is 0 Å². The molecule has 0 spiro atoms. The Morgan fingerprint density at radius 3 is 2.70 bits per heavy atom. The van der Waals surface area contributed by atoms with Gasteiger partial charge in [-0.15, -0.1) is 0 Å². The number of carbonyl (C=O) groups is 1. The topological polar surface area (TPSA) is 51.5 Å². The molecular formula is C17H13F2NO3. The molecule has 118 valence electrons. The summed E-state index contributed by atoms with van der Waals surface area (Å²) >= 11 is 0. The van der Waals surface area contributed by atoms with Crippen LogP contribution in [-0.4, -0.2) is 22.7 Å². The number of aliphatic hydroxyl groups is 1. The van der Waals surface area contributed by atoms with Crippen molar-refractivity contribution in [3.63, 3.8) is 0 Å². The van der Waals surface area contributed by atoms with Crippen molar-refractivity contribution in [2.75, 3.05) is 7.11 Å². The minimum atomic E-state index is -0.709. The van der Waals surface area contributed by atoms with E-state index in [1.54, 1.807) is 6.07 Å². The lowest BCUT2D eigenvalue weighted by atomic mass is 10.1. The second-order valence-electron chi connectivity index (χ2n) is 4.97. The van der Waals surface area contributed by atoms with Gasteiger partial charge < -0.3 is 9.84 Å². The maximum atomic E-state index is 13.9. The van der Waals surface area contributed by atoms with E-state index in [0.717, 1.165) is 6.07 Å². The van der Waals surface area contributed by atoms with Crippen LogP contribution in [0.15, 0.2) is 42.6 Å². The van der Waals surface area contributed by atoms with Crippen LogP contribution < -0.4 is 4.74 Å². The van der Waals surface area contributed by atoms with Crippen LogP contribution in [0, 0.1) is 11.6 Å². The molecule has 0 radical (unpaired) electrons. The number of aromatic nitrogens is 1.